The first-order chi connectivity index (χ1) is 10.2. The second-order valence-corrected chi connectivity index (χ2v) is 5.88. The quantitative estimate of drug-likeness (QED) is 0.420. The van der Waals surface area contributed by atoms with E-state index in [1.807, 2.05) is 12.1 Å². The molecule has 0 fully saturated rings. The molecule has 0 spiro atoms. The summed E-state index contributed by atoms with van der Waals surface area (Å²) < 4.78 is 5.88. The minimum atomic E-state index is 0.585. The fourth-order valence-corrected chi connectivity index (χ4v) is 2.64. The molecular formula is C17H25Cl2NO. The molecule has 21 heavy (non-hydrogen) atoms. The number of hydrogen-bond donors (Lipinski definition) is 1. The standard InChI is InChI=1S/C17H25Cl2NO/c1-3-5-6-7-8-10-21-17-14(13-20-9-4-2)11-15(18)12-16(17)19/h3,11-12,20H,1,4-10,13H2,2H3. The van der Waals surface area contributed by atoms with Gasteiger partial charge in [0.05, 0.1) is 11.6 Å². The van der Waals surface area contributed by atoms with Gasteiger partial charge in [0.25, 0.3) is 0 Å². The smallest absolute Gasteiger partial charge is 0.142 e. The number of allylic oxidation sites excluding steroid dienone is 1. The maximum absolute atomic E-state index is 6.26. The third-order valence-corrected chi connectivity index (χ3v) is 3.63. The number of ether oxygens (including phenoxy) is 1. The average Bonchev–Trinajstić information content (AvgIpc) is 2.45. The number of benzene rings is 1. The van der Waals surface area contributed by atoms with Gasteiger partial charge in [0, 0.05) is 17.1 Å². The van der Waals surface area contributed by atoms with Crippen LogP contribution in [0.1, 0.15) is 44.6 Å². The third kappa shape index (κ3) is 7.21. The first-order valence-electron chi connectivity index (χ1n) is 7.61. The molecule has 0 saturated heterocycles. The number of nitrogens with one attached hydrogen (secondary N) is 1. The molecular weight excluding hydrogens is 305 g/mol. The molecule has 0 aliphatic heterocycles. The zero-order chi connectivity index (χ0) is 15.5. The van der Waals surface area contributed by atoms with E-state index in [2.05, 4.69) is 18.8 Å². The molecule has 1 aromatic carbocycles. The largest absolute Gasteiger partial charge is 0.492 e. The first kappa shape index (κ1) is 18.3. The first-order valence-corrected chi connectivity index (χ1v) is 8.37. The van der Waals surface area contributed by atoms with Crippen molar-refractivity contribution in [2.45, 2.75) is 45.6 Å². The second kappa shape index (κ2) is 10.9. The van der Waals surface area contributed by atoms with Gasteiger partial charge in [0.15, 0.2) is 0 Å². The van der Waals surface area contributed by atoms with Crippen LogP contribution in [0.2, 0.25) is 10.0 Å². The molecule has 0 aliphatic carbocycles. The lowest BCUT2D eigenvalue weighted by Gasteiger charge is -2.14. The van der Waals surface area contributed by atoms with Gasteiger partial charge in [-0.05, 0) is 50.8 Å². The van der Waals surface area contributed by atoms with Crippen LogP contribution < -0.4 is 10.1 Å². The van der Waals surface area contributed by atoms with Crippen LogP contribution in [0.3, 0.4) is 0 Å². The molecule has 2 nitrogen and oxygen atoms in total. The van der Waals surface area contributed by atoms with Gasteiger partial charge < -0.3 is 10.1 Å². The number of unbranched alkanes of at least 4 members (excludes halogenated alkanes) is 3. The summed E-state index contributed by atoms with van der Waals surface area (Å²) in [6.07, 6.45) is 7.43. The molecule has 118 valence electrons. The van der Waals surface area contributed by atoms with Crippen molar-refractivity contribution in [2.24, 2.45) is 0 Å². The molecule has 1 aromatic rings. The lowest BCUT2D eigenvalue weighted by Crippen LogP contribution is -2.15. The van der Waals surface area contributed by atoms with Gasteiger partial charge in [-0.3, -0.25) is 0 Å². The van der Waals surface area contributed by atoms with Crippen molar-refractivity contribution < 1.29 is 4.74 Å². The Bertz CT molecular complexity index is 435. The Kier molecular flexibility index (Phi) is 9.56. The Morgan fingerprint density at radius 3 is 2.76 bits per heavy atom. The van der Waals surface area contributed by atoms with Crippen LogP contribution in [0, 0.1) is 0 Å². The highest BCUT2D eigenvalue weighted by molar-refractivity contribution is 6.35. The Labute approximate surface area is 138 Å². The SMILES string of the molecule is C=CCCCCCOc1c(Cl)cc(Cl)cc1CNCCC. The van der Waals surface area contributed by atoms with Gasteiger partial charge in [-0.25, -0.2) is 0 Å². The lowest BCUT2D eigenvalue weighted by molar-refractivity contribution is 0.302. The van der Waals surface area contributed by atoms with E-state index in [1.165, 1.54) is 0 Å². The van der Waals surface area contributed by atoms with Gasteiger partial charge in [0.2, 0.25) is 0 Å². The van der Waals surface area contributed by atoms with Crippen molar-refractivity contribution in [2.75, 3.05) is 13.2 Å². The van der Waals surface area contributed by atoms with Gasteiger partial charge in [-0.1, -0.05) is 36.2 Å². The maximum Gasteiger partial charge on any atom is 0.142 e. The topological polar surface area (TPSA) is 21.3 Å². The summed E-state index contributed by atoms with van der Waals surface area (Å²) in [7, 11) is 0. The molecule has 4 heteroatoms. The fourth-order valence-electron chi connectivity index (χ4n) is 2.05. The summed E-state index contributed by atoms with van der Waals surface area (Å²) in [4.78, 5) is 0. The normalized spacial score (nSPS) is 10.6. The van der Waals surface area contributed by atoms with Crippen LogP contribution in [0.15, 0.2) is 24.8 Å². The highest BCUT2D eigenvalue weighted by Crippen LogP contribution is 2.32. The van der Waals surface area contributed by atoms with Crippen molar-refractivity contribution in [1.82, 2.24) is 5.32 Å². The van der Waals surface area contributed by atoms with E-state index in [-0.39, 0.29) is 0 Å². The van der Waals surface area contributed by atoms with E-state index in [9.17, 15) is 0 Å². The molecule has 0 atom stereocenters. The summed E-state index contributed by atoms with van der Waals surface area (Å²) in [5.74, 6) is 0.758. The minimum Gasteiger partial charge on any atom is -0.492 e. The Morgan fingerprint density at radius 2 is 2.05 bits per heavy atom. The number of rotatable bonds is 11. The summed E-state index contributed by atoms with van der Waals surface area (Å²) in [6.45, 7) is 8.23. The molecule has 0 saturated carbocycles. The highest BCUT2D eigenvalue weighted by atomic mass is 35.5. The maximum atomic E-state index is 6.26. The third-order valence-electron chi connectivity index (χ3n) is 3.13. The summed E-state index contributed by atoms with van der Waals surface area (Å²) in [6, 6.07) is 3.66. The van der Waals surface area contributed by atoms with Crippen molar-refractivity contribution in [1.29, 1.82) is 0 Å². The zero-order valence-corrected chi connectivity index (χ0v) is 14.3. The minimum absolute atomic E-state index is 0.585. The van der Waals surface area contributed by atoms with Crippen LogP contribution >= 0.6 is 23.2 Å². The number of halogens is 2. The predicted octanol–water partition coefficient (Wildman–Crippen LogP) is 5.62. The molecule has 1 rings (SSSR count). The van der Waals surface area contributed by atoms with Crippen LogP contribution in [-0.2, 0) is 6.54 Å². The van der Waals surface area contributed by atoms with Crippen molar-refractivity contribution in [3.05, 3.63) is 40.4 Å². The van der Waals surface area contributed by atoms with Gasteiger partial charge in [-0.15, -0.1) is 6.58 Å². The molecule has 0 heterocycles. The van der Waals surface area contributed by atoms with E-state index >= 15 is 0 Å². The van der Waals surface area contributed by atoms with E-state index < -0.39 is 0 Å². The van der Waals surface area contributed by atoms with Crippen molar-refractivity contribution in [3.8, 4) is 5.75 Å². The highest BCUT2D eigenvalue weighted by Gasteiger charge is 2.10. The molecule has 0 aromatic heterocycles. The van der Waals surface area contributed by atoms with E-state index in [0.717, 1.165) is 56.5 Å². The van der Waals surface area contributed by atoms with Gasteiger partial charge >= 0.3 is 0 Å². The van der Waals surface area contributed by atoms with E-state index in [0.29, 0.717) is 16.7 Å². The average molecular weight is 330 g/mol. The van der Waals surface area contributed by atoms with Crippen molar-refractivity contribution >= 4 is 23.2 Å². The summed E-state index contributed by atoms with van der Waals surface area (Å²) in [5, 5.41) is 4.59. The van der Waals surface area contributed by atoms with Gasteiger partial charge in [0.1, 0.15) is 5.75 Å². The lowest BCUT2D eigenvalue weighted by atomic mass is 10.2. The van der Waals surface area contributed by atoms with E-state index in [4.69, 9.17) is 27.9 Å². The van der Waals surface area contributed by atoms with Crippen LogP contribution in [0.4, 0.5) is 0 Å². The van der Waals surface area contributed by atoms with Crippen LogP contribution in [-0.4, -0.2) is 13.2 Å². The van der Waals surface area contributed by atoms with Gasteiger partial charge in [-0.2, -0.15) is 0 Å². The molecule has 1 N–H and O–H groups in total. The second-order valence-electron chi connectivity index (χ2n) is 5.04. The summed E-state index contributed by atoms with van der Waals surface area (Å²) >= 11 is 12.3. The summed E-state index contributed by atoms with van der Waals surface area (Å²) in [5.41, 5.74) is 1.02. The number of hydrogen-bond acceptors (Lipinski definition) is 2. The molecule has 0 amide bonds. The van der Waals surface area contributed by atoms with E-state index in [1.54, 1.807) is 6.07 Å². The fraction of sp³-hybridized carbons (Fsp3) is 0.529. The predicted molar refractivity (Wildman–Crippen MR) is 92.6 cm³/mol. The van der Waals surface area contributed by atoms with Crippen molar-refractivity contribution in [3.63, 3.8) is 0 Å². The molecule has 0 aliphatic rings. The van der Waals surface area contributed by atoms with Crippen LogP contribution in [0.5, 0.6) is 5.75 Å². The zero-order valence-electron chi connectivity index (χ0n) is 12.8. The molecule has 0 unspecified atom stereocenters. The Balaban J connectivity index is 2.55. The Hall–Kier alpha value is -0.700. The van der Waals surface area contributed by atoms with Crippen LogP contribution in [0.25, 0.3) is 0 Å². The molecule has 0 bridgehead atoms. The molecule has 0 radical (unpaired) electrons. The Morgan fingerprint density at radius 1 is 1.24 bits per heavy atom. The monoisotopic (exact) mass is 329 g/mol.